The number of amides is 7. The van der Waals surface area contributed by atoms with Crippen LogP contribution in [0.15, 0.2) is 0 Å². The van der Waals surface area contributed by atoms with E-state index in [9.17, 15) is 33.6 Å². The van der Waals surface area contributed by atoms with Crippen molar-refractivity contribution in [2.75, 3.05) is 68.5 Å². The fraction of sp³-hybridized carbons (Fsp3) is 0.806. The zero-order valence-electron chi connectivity index (χ0n) is 32.5. The van der Waals surface area contributed by atoms with Crippen LogP contribution in [-0.2, 0) is 33.6 Å². The second-order valence-electron chi connectivity index (χ2n) is 14.8. The number of nitrogens with zero attached hydrogens (tertiary/aromatic N) is 5. The van der Waals surface area contributed by atoms with Gasteiger partial charge in [-0.15, -0.1) is 0 Å². The largest absolute Gasteiger partial charge is 0.358 e. The molecule has 0 aromatic rings. The first kappa shape index (κ1) is 43.6. The van der Waals surface area contributed by atoms with Crippen molar-refractivity contribution in [3.8, 4) is 0 Å². The number of hydrogen-bond acceptors (Lipinski definition) is 8. The third kappa shape index (κ3) is 11.7. The Kier molecular flexibility index (Phi) is 17.5. The summed E-state index contributed by atoms with van der Waals surface area (Å²) in [5, 5.41) is 8.57. The summed E-state index contributed by atoms with van der Waals surface area (Å²) in [7, 11) is 9.31. The van der Waals surface area contributed by atoms with Crippen molar-refractivity contribution in [3.05, 3.63) is 0 Å². The van der Waals surface area contributed by atoms with Gasteiger partial charge in [-0.05, 0) is 58.4 Å². The molecule has 15 nitrogen and oxygen atoms in total. The number of nitrogens with one attached hydrogen (secondary N) is 3. The number of quaternary nitrogens is 1. The lowest BCUT2D eigenvalue weighted by molar-refractivity contribution is -0.851. The molecule has 6 atom stereocenters. The molecule has 0 spiro atoms. The average molecular weight is 722 g/mol. The van der Waals surface area contributed by atoms with Crippen molar-refractivity contribution in [3.63, 3.8) is 0 Å². The van der Waals surface area contributed by atoms with Gasteiger partial charge in [0.2, 0.25) is 29.5 Å². The number of likely N-dealkylation sites (tertiary alicyclic amines) is 1. The molecule has 7 amide bonds. The molecule has 2 aliphatic rings. The number of piperidine rings is 1. The van der Waals surface area contributed by atoms with E-state index < -0.39 is 46.5 Å². The number of carbonyl (C=O) groups excluding carboxylic acids is 7. The Labute approximate surface area is 304 Å². The Bertz CT molecular complexity index is 1220. The first-order chi connectivity index (χ1) is 24.1. The Balaban J connectivity index is 2.28. The van der Waals surface area contributed by atoms with Crippen LogP contribution in [0.2, 0.25) is 0 Å². The van der Waals surface area contributed by atoms with Crippen LogP contribution in [0.25, 0.3) is 0 Å². The fourth-order valence-corrected chi connectivity index (χ4v) is 7.17. The molecule has 0 aromatic heterocycles. The molecular weight excluding hydrogens is 656 g/mol. The molecule has 290 valence electrons. The molecule has 2 rings (SSSR count). The lowest BCUT2D eigenvalue weighted by Gasteiger charge is -2.40. The summed E-state index contributed by atoms with van der Waals surface area (Å²) in [6.45, 7) is 5.97. The predicted octanol–water partition coefficient (Wildman–Crippen LogP) is 0.527. The summed E-state index contributed by atoms with van der Waals surface area (Å²) in [6, 6.07) is -2.52. The van der Waals surface area contributed by atoms with Crippen LogP contribution >= 0.6 is 0 Å². The van der Waals surface area contributed by atoms with Crippen LogP contribution in [0.5, 0.6) is 0 Å². The van der Waals surface area contributed by atoms with E-state index >= 15 is 0 Å². The Morgan fingerprint density at radius 1 is 0.882 bits per heavy atom. The Hall–Kier alpha value is -3.59. The van der Waals surface area contributed by atoms with E-state index in [1.807, 2.05) is 13.8 Å². The normalized spacial score (nSPS) is 19.3. The number of hydrogen-bond donors (Lipinski definition) is 3. The smallest absolute Gasteiger partial charge is 0.303 e. The first-order valence-corrected chi connectivity index (χ1v) is 18.6. The maximum atomic E-state index is 14.0. The van der Waals surface area contributed by atoms with Crippen LogP contribution in [0.3, 0.4) is 0 Å². The van der Waals surface area contributed by atoms with Gasteiger partial charge in [-0.1, -0.05) is 33.1 Å². The van der Waals surface area contributed by atoms with Crippen molar-refractivity contribution in [2.45, 2.75) is 109 Å². The summed E-state index contributed by atoms with van der Waals surface area (Å²) in [4.78, 5) is 98.7. The molecule has 1 heterocycles. The van der Waals surface area contributed by atoms with Crippen molar-refractivity contribution >= 4 is 41.9 Å². The minimum Gasteiger partial charge on any atom is -0.358 e. The number of rotatable bonds is 18. The Morgan fingerprint density at radius 2 is 1.47 bits per heavy atom. The highest BCUT2D eigenvalue weighted by atomic mass is 16.2. The minimum absolute atomic E-state index is 0.145. The van der Waals surface area contributed by atoms with E-state index in [0.29, 0.717) is 25.9 Å². The molecule has 0 bridgehead atoms. The summed E-state index contributed by atoms with van der Waals surface area (Å²) in [5.41, 5.74) is 0. The van der Waals surface area contributed by atoms with Gasteiger partial charge in [0.25, 0.3) is 5.91 Å². The van der Waals surface area contributed by atoms with E-state index in [-0.39, 0.29) is 49.1 Å². The second kappa shape index (κ2) is 20.4. The maximum Gasteiger partial charge on any atom is 0.303 e. The molecular formula is C36H65N8O7+. The highest BCUT2D eigenvalue weighted by Gasteiger charge is 2.43. The van der Waals surface area contributed by atoms with Gasteiger partial charge < -0.3 is 35.6 Å². The molecule has 1 saturated heterocycles. The third-order valence-corrected chi connectivity index (χ3v) is 11.1. The van der Waals surface area contributed by atoms with Gasteiger partial charge in [-0.25, -0.2) is 9.28 Å². The topological polar surface area (TPSA) is 169 Å². The van der Waals surface area contributed by atoms with Gasteiger partial charge in [-0.3, -0.25) is 28.8 Å². The molecule has 0 aromatic carbocycles. The Morgan fingerprint density at radius 3 is 2.00 bits per heavy atom. The standard InChI is InChI=1S/C36H64N8O7/c1-10-25(2)33(44(9,24-45)23-31(48)40(6)22-29(46)37-4)39-34(49)26(3)41(7)30(47)21-28(35(50)43-19-15-12-16-20-43)42(8)36(51)32(38-5)27-17-13-11-14-18-27/h24-28,32-33,38H,10-23H2,1-9H3,(H-,37,39,46,49)/p+1/t25-,26-,28-,32-,33+,44?/m0/s1. The van der Waals surface area contributed by atoms with E-state index in [4.69, 9.17) is 0 Å². The first-order valence-electron chi connectivity index (χ1n) is 18.6. The average Bonchev–Trinajstić information content (AvgIpc) is 3.14. The molecule has 1 unspecified atom stereocenters. The van der Waals surface area contributed by atoms with Gasteiger partial charge in [0, 0.05) is 47.2 Å². The molecule has 1 aliphatic heterocycles. The van der Waals surface area contributed by atoms with Gasteiger partial charge in [-0.2, -0.15) is 0 Å². The lowest BCUT2D eigenvalue weighted by Crippen LogP contribution is -2.66. The zero-order valence-corrected chi connectivity index (χ0v) is 32.5. The van der Waals surface area contributed by atoms with Gasteiger partial charge in [0.1, 0.15) is 12.1 Å². The highest BCUT2D eigenvalue weighted by molar-refractivity contribution is 5.94. The third-order valence-electron chi connectivity index (χ3n) is 11.1. The van der Waals surface area contributed by atoms with Crippen molar-refractivity contribution in [1.29, 1.82) is 0 Å². The van der Waals surface area contributed by atoms with Crippen LogP contribution in [0.1, 0.15) is 85.0 Å². The SMILES string of the molecule is CC[C@H](C)[C@H](NC(=O)[C@H](C)N(C)C(=O)C[C@@H](C(=O)N1CCCCC1)N(C)C(=O)[C@@H](NC)C1CCCCC1)[N+](C)(C=O)CC(=O)N(C)CC(=O)NC. The van der Waals surface area contributed by atoms with Gasteiger partial charge in [0.15, 0.2) is 12.7 Å². The summed E-state index contributed by atoms with van der Waals surface area (Å²) in [5.74, 6) is -2.43. The summed E-state index contributed by atoms with van der Waals surface area (Å²) >= 11 is 0. The number of likely N-dealkylation sites (N-methyl/N-ethyl adjacent to an activating group) is 6. The van der Waals surface area contributed by atoms with E-state index in [0.717, 1.165) is 51.4 Å². The predicted molar refractivity (Wildman–Crippen MR) is 193 cm³/mol. The second-order valence-corrected chi connectivity index (χ2v) is 14.8. The fourth-order valence-electron chi connectivity index (χ4n) is 7.17. The molecule has 2 fully saturated rings. The molecule has 1 aliphatic carbocycles. The van der Waals surface area contributed by atoms with Crippen LogP contribution in [0, 0.1) is 11.8 Å². The molecule has 3 N–H and O–H groups in total. The van der Waals surface area contributed by atoms with Gasteiger partial charge >= 0.3 is 6.41 Å². The zero-order chi connectivity index (χ0) is 38.5. The molecule has 1 saturated carbocycles. The van der Waals surface area contributed by atoms with Crippen molar-refractivity contribution in [1.82, 2.24) is 35.6 Å². The van der Waals surface area contributed by atoms with E-state index in [1.165, 1.54) is 35.8 Å². The van der Waals surface area contributed by atoms with Crippen LogP contribution in [-0.4, -0.2) is 159 Å². The van der Waals surface area contributed by atoms with Gasteiger partial charge in [0.05, 0.1) is 26.1 Å². The van der Waals surface area contributed by atoms with E-state index in [2.05, 4.69) is 16.0 Å². The summed E-state index contributed by atoms with van der Waals surface area (Å²) < 4.78 is -0.477. The molecule has 15 heteroatoms. The minimum atomic E-state index is -1.04. The summed E-state index contributed by atoms with van der Waals surface area (Å²) in [6.07, 6.45) is 7.87. The number of carbonyl (C=O) groups is 7. The molecule has 0 radical (unpaired) electrons. The van der Waals surface area contributed by atoms with Crippen LogP contribution in [0.4, 0.5) is 0 Å². The van der Waals surface area contributed by atoms with E-state index in [1.54, 1.807) is 33.0 Å². The van der Waals surface area contributed by atoms with Crippen molar-refractivity contribution < 1.29 is 38.0 Å². The highest BCUT2D eigenvalue weighted by Crippen LogP contribution is 2.28. The monoisotopic (exact) mass is 721 g/mol. The lowest BCUT2D eigenvalue weighted by atomic mass is 9.83. The quantitative estimate of drug-likeness (QED) is 0.105. The maximum absolute atomic E-state index is 14.0. The molecule has 51 heavy (non-hydrogen) atoms. The van der Waals surface area contributed by atoms with Crippen LogP contribution < -0.4 is 16.0 Å². The van der Waals surface area contributed by atoms with Crippen molar-refractivity contribution in [2.24, 2.45) is 11.8 Å².